The Morgan fingerprint density at radius 1 is 1.35 bits per heavy atom. The van der Waals surface area contributed by atoms with E-state index in [1.807, 2.05) is 24.6 Å². The standard InChI is InChI=1S/C14H18N2S/c1-11-4-3-5-12(8-11)9-14-16-10-13(17-14)6-7-15-2/h3-5,8,10,15H,6-7,9H2,1-2H3. The van der Waals surface area contributed by atoms with Crippen LogP contribution in [0.2, 0.25) is 0 Å². The Hall–Kier alpha value is -1.19. The first kappa shape index (κ1) is 12.3. The molecule has 0 aliphatic rings. The maximum atomic E-state index is 4.48. The van der Waals surface area contributed by atoms with Crippen LogP contribution in [0, 0.1) is 6.92 Å². The van der Waals surface area contributed by atoms with Crippen molar-refractivity contribution in [2.75, 3.05) is 13.6 Å². The van der Waals surface area contributed by atoms with E-state index in [9.17, 15) is 0 Å². The van der Waals surface area contributed by atoms with Gasteiger partial charge in [-0.25, -0.2) is 4.98 Å². The third-order valence-electron chi connectivity index (χ3n) is 2.66. The maximum absolute atomic E-state index is 4.48. The fraction of sp³-hybridized carbons (Fsp3) is 0.357. The molecule has 0 bridgehead atoms. The van der Waals surface area contributed by atoms with Crippen LogP contribution in [0.3, 0.4) is 0 Å². The molecule has 0 saturated heterocycles. The Balaban J connectivity index is 2.01. The number of aromatic nitrogens is 1. The number of likely N-dealkylation sites (N-methyl/N-ethyl adjacent to an activating group) is 1. The van der Waals surface area contributed by atoms with Gasteiger partial charge in [-0.3, -0.25) is 0 Å². The summed E-state index contributed by atoms with van der Waals surface area (Å²) >= 11 is 1.82. The van der Waals surface area contributed by atoms with Crippen molar-refractivity contribution in [2.24, 2.45) is 0 Å². The van der Waals surface area contributed by atoms with E-state index in [0.29, 0.717) is 0 Å². The first-order valence-corrected chi connectivity index (χ1v) is 6.73. The van der Waals surface area contributed by atoms with Crippen LogP contribution in [0.5, 0.6) is 0 Å². The van der Waals surface area contributed by atoms with E-state index in [1.54, 1.807) is 0 Å². The van der Waals surface area contributed by atoms with Crippen molar-refractivity contribution < 1.29 is 0 Å². The van der Waals surface area contributed by atoms with Gasteiger partial charge in [0.2, 0.25) is 0 Å². The van der Waals surface area contributed by atoms with E-state index < -0.39 is 0 Å². The highest BCUT2D eigenvalue weighted by molar-refractivity contribution is 7.11. The fourth-order valence-electron chi connectivity index (χ4n) is 1.79. The number of thiazole rings is 1. The van der Waals surface area contributed by atoms with Crippen LogP contribution in [-0.2, 0) is 12.8 Å². The summed E-state index contributed by atoms with van der Waals surface area (Å²) in [5.74, 6) is 0. The second kappa shape index (κ2) is 5.94. The predicted molar refractivity (Wildman–Crippen MR) is 73.7 cm³/mol. The molecule has 1 heterocycles. The summed E-state index contributed by atoms with van der Waals surface area (Å²) < 4.78 is 0. The van der Waals surface area contributed by atoms with Crippen LogP contribution in [0.15, 0.2) is 30.5 Å². The first-order chi connectivity index (χ1) is 8.28. The molecule has 0 aliphatic carbocycles. The van der Waals surface area contributed by atoms with Crippen molar-refractivity contribution >= 4 is 11.3 Å². The van der Waals surface area contributed by atoms with Gasteiger partial charge in [0.25, 0.3) is 0 Å². The normalized spacial score (nSPS) is 10.7. The summed E-state index contributed by atoms with van der Waals surface area (Å²) in [5, 5.41) is 4.37. The maximum Gasteiger partial charge on any atom is 0.0971 e. The number of hydrogen-bond acceptors (Lipinski definition) is 3. The SMILES string of the molecule is CNCCc1cnc(Cc2cccc(C)c2)s1. The summed E-state index contributed by atoms with van der Waals surface area (Å²) in [5.41, 5.74) is 2.66. The molecule has 1 N–H and O–H groups in total. The minimum atomic E-state index is 0.950. The highest BCUT2D eigenvalue weighted by atomic mass is 32.1. The van der Waals surface area contributed by atoms with E-state index in [2.05, 4.69) is 41.5 Å². The molecule has 0 amide bonds. The van der Waals surface area contributed by atoms with Gasteiger partial charge in [-0.15, -0.1) is 11.3 Å². The average Bonchev–Trinajstić information content (AvgIpc) is 2.74. The van der Waals surface area contributed by atoms with Crippen LogP contribution < -0.4 is 5.32 Å². The number of rotatable bonds is 5. The van der Waals surface area contributed by atoms with Gasteiger partial charge < -0.3 is 5.32 Å². The second-order valence-corrected chi connectivity index (χ2v) is 5.44. The van der Waals surface area contributed by atoms with Gasteiger partial charge in [-0.05, 0) is 32.5 Å². The summed E-state index contributed by atoms with van der Waals surface area (Å²) in [6.45, 7) is 3.15. The Kier molecular flexibility index (Phi) is 4.29. The zero-order chi connectivity index (χ0) is 12.1. The number of nitrogens with zero attached hydrogens (tertiary/aromatic N) is 1. The van der Waals surface area contributed by atoms with Crippen molar-refractivity contribution in [3.05, 3.63) is 51.5 Å². The summed E-state index contributed by atoms with van der Waals surface area (Å²) in [7, 11) is 1.98. The Bertz CT molecular complexity index is 477. The number of hydrogen-bond donors (Lipinski definition) is 1. The lowest BCUT2D eigenvalue weighted by molar-refractivity contribution is 0.798. The van der Waals surface area contributed by atoms with Crippen molar-refractivity contribution in [2.45, 2.75) is 19.8 Å². The molecule has 2 nitrogen and oxygen atoms in total. The highest BCUT2D eigenvalue weighted by Gasteiger charge is 2.03. The minimum Gasteiger partial charge on any atom is -0.319 e. The van der Waals surface area contributed by atoms with Crippen LogP contribution in [0.1, 0.15) is 21.0 Å². The van der Waals surface area contributed by atoms with Crippen molar-refractivity contribution in [1.29, 1.82) is 0 Å². The Labute approximate surface area is 107 Å². The average molecular weight is 246 g/mol. The van der Waals surface area contributed by atoms with Gasteiger partial charge in [0.15, 0.2) is 0 Å². The van der Waals surface area contributed by atoms with Gasteiger partial charge in [-0.2, -0.15) is 0 Å². The lowest BCUT2D eigenvalue weighted by atomic mass is 10.1. The van der Waals surface area contributed by atoms with Crippen LogP contribution in [0.25, 0.3) is 0 Å². The zero-order valence-electron chi connectivity index (χ0n) is 10.4. The molecule has 0 radical (unpaired) electrons. The van der Waals surface area contributed by atoms with Gasteiger partial charge >= 0.3 is 0 Å². The van der Waals surface area contributed by atoms with Crippen molar-refractivity contribution in [3.63, 3.8) is 0 Å². The molecule has 0 saturated carbocycles. The smallest absolute Gasteiger partial charge is 0.0971 e. The molecule has 2 aromatic rings. The molecule has 90 valence electrons. The van der Waals surface area contributed by atoms with E-state index >= 15 is 0 Å². The lowest BCUT2D eigenvalue weighted by Crippen LogP contribution is -2.09. The molecule has 0 spiro atoms. The second-order valence-electron chi connectivity index (χ2n) is 4.24. The number of aryl methyl sites for hydroxylation is 1. The molecule has 1 aromatic carbocycles. The predicted octanol–water partition coefficient (Wildman–Crippen LogP) is 2.80. The Morgan fingerprint density at radius 3 is 3.00 bits per heavy atom. The summed E-state index contributed by atoms with van der Waals surface area (Å²) in [6.07, 6.45) is 4.03. The molecule has 3 heteroatoms. The molecule has 0 aliphatic heterocycles. The Morgan fingerprint density at radius 2 is 2.24 bits per heavy atom. The third kappa shape index (κ3) is 3.65. The summed E-state index contributed by atoms with van der Waals surface area (Å²) in [6, 6.07) is 8.64. The fourth-order valence-corrected chi connectivity index (χ4v) is 2.75. The molecule has 17 heavy (non-hydrogen) atoms. The van der Waals surface area contributed by atoms with E-state index in [4.69, 9.17) is 0 Å². The minimum absolute atomic E-state index is 0.950. The lowest BCUT2D eigenvalue weighted by Gasteiger charge is -1.99. The van der Waals surface area contributed by atoms with Crippen molar-refractivity contribution in [3.8, 4) is 0 Å². The largest absolute Gasteiger partial charge is 0.319 e. The molecule has 1 aromatic heterocycles. The first-order valence-electron chi connectivity index (χ1n) is 5.91. The highest BCUT2D eigenvalue weighted by Crippen LogP contribution is 2.17. The third-order valence-corrected chi connectivity index (χ3v) is 3.72. The number of benzene rings is 1. The monoisotopic (exact) mass is 246 g/mol. The van der Waals surface area contributed by atoms with Crippen LogP contribution in [-0.4, -0.2) is 18.6 Å². The zero-order valence-corrected chi connectivity index (χ0v) is 11.2. The van der Waals surface area contributed by atoms with E-state index in [-0.39, 0.29) is 0 Å². The van der Waals surface area contributed by atoms with Crippen LogP contribution in [0.4, 0.5) is 0 Å². The van der Waals surface area contributed by atoms with E-state index in [1.165, 1.54) is 21.0 Å². The van der Waals surface area contributed by atoms with Gasteiger partial charge in [0.1, 0.15) is 0 Å². The van der Waals surface area contributed by atoms with E-state index in [0.717, 1.165) is 19.4 Å². The molecule has 2 rings (SSSR count). The van der Waals surface area contributed by atoms with Gasteiger partial charge in [-0.1, -0.05) is 29.8 Å². The molecular formula is C14H18N2S. The molecular weight excluding hydrogens is 228 g/mol. The quantitative estimate of drug-likeness (QED) is 0.877. The van der Waals surface area contributed by atoms with Gasteiger partial charge in [0.05, 0.1) is 5.01 Å². The molecule has 0 atom stereocenters. The summed E-state index contributed by atoms with van der Waals surface area (Å²) in [4.78, 5) is 5.85. The van der Waals surface area contributed by atoms with Gasteiger partial charge in [0, 0.05) is 17.5 Å². The van der Waals surface area contributed by atoms with Crippen LogP contribution >= 0.6 is 11.3 Å². The molecule has 0 unspecified atom stereocenters. The topological polar surface area (TPSA) is 24.9 Å². The van der Waals surface area contributed by atoms with Crippen molar-refractivity contribution in [1.82, 2.24) is 10.3 Å². The number of nitrogens with one attached hydrogen (secondary N) is 1. The molecule has 0 fully saturated rings.